The topological polar surface area (TPSA) is 66.6 Å². The molecule has 0 spiro atoms. The van der Waals surface area contributed by atoms with E-state index in [1.165, 1.54) is 5.56 Å². The molecule has 5 nitrogen and oxygen atoms in total. The summed E-state index contributed by atoms with van der Waals surface area (Å²) in [5.41, 5.74) is 2.10. The van der Waals surface area contributed by atoms with E-state index in [9.17, 15) is 4.79 Å². The fourth-order valence-corrected chi connectivity index (χ4v) is 2.05. The zero-order chi connectivity index (χ0) is 14.5. The Morgan fingerprint density at radius 3 is 2.60 bits per heavy atom. The quantitative estimate of drug-likeness (QED) is 0.877. The summed E-state index contributed by atoms with van der Waals surface area (Å²) in [5, 5.41) is 8.93. The summed E-state index contributed by atoms with van der Waals surface area (Å²) in [5.74, 6) is -0.371. The Hall–Kier alpha value is -2.14. The number of aryl methyl sites for hydroxylation is 1. The van der Waals surface area contributed by atoms with Gasteiger partial charge in [0.05, 0.1) is 0 Å². The van der Waals surface area contributed by atoms with Crippen molar-refractivity contribution in [3.05, 3.63) is 53.2 Å². The highest BCUT2D eigenvalue weighted by Gasteiger charge is 2.15. The largest absolute Gasteiger partial charge is 0.475 e. The lowest BCUT2D eigenvalue weighted by atomic mass is 10.2. The highest BCUT2D eigenvalue weighted by Crippen LogP contribution is 2.18. The fourth-order valence-electron chi connectivity index (χ4n) is 2.05. The van der Waals surface area contributed by atoms with Crippen LogP contribution in [0.3, 0.4) is 0 Å². The van der Waals surface area contributed by atoms with E-state index in [0.717, 1.165) is 18.7 Å². The van der Waals surface area contributed by atoms with Crippen molar-refractivity contribution < 1.29 is 14.3 Å². The lowest BCUT2D eigenvalue weighted by Gasteiger charge is -2.19. The van der Waals surface area contributed by atoms with Crippen LogP contribution in [0, 0.1) is 6.92 Å². The predicted molar refractivity (Wildman–Crippen MR) is 74.4 cm³/mol. The molecule has 0 aromatic carbocycles. The zero-order valence-electron chi connectivity index (χ0n) is 11.7. The summed E-state index contributed by atoms with van der Waals surface area (Å²) >= 11 is 0. The third kappa shape index (κ3) is 3.45. The molecule has 0 saturated heterocycles. The van der Waals surface area contributed by atoms with Gasteiger partial charge in [-0.25, -0.2) is 4.79 Å². The van der Waals surface area contributed by atoms with Gasteiger partial charge in [0.2, 0.25) is 5.76 Å². The van der Waals surface area contributed by atoms with Crippen molar-refractivity contribution in [3.63, 3.8) is 0 Å². The van der Waals surface area contributed by atoms with Gasteiger partial charge in [-0.2, -0.15) is 0 Å². The molecule has 0 aliphatic carbocycles. The summed E-state index contributed by atoms with van der Waals surface area (Å²) in [4.78, 5) is 17.1. The minimum absolute atomic E-state index is 0.00235. The van der Waals surface area contributed by atoms with Crippen molar-refractivity contribution in [1.82, 2.24) is 9.88 Å². The first-order valence-electron chi connectivity index (χ1n) is 6.54. The molecule has 0 atom stereocenters. The van der Waals surface area contributed by atoms with Crippen LogP contribution in [0.15, 0.2) is 35.0 Å². The van der Waals surface area contributed by atoms with E-state index in [1.807, 2.05) is 12.1 Å². The second-order valence-electron chi connectivity index (χ2n) is 4.66. The van der Waals surface area contributed by atoms with Gasteiger partial charge in [0.25, 0.3) is 0 Å². The van der Waals surface area contributed by atoms with E-state index in [0.29, 0.717) is 12.3 Å². The van der Waals surface area contributed by atoms with Crippen LogP contribution in [-0.2, 0) is 13.1 Å². The molecule has 2 heterocycles. The van der Waals surface area contributed by atoms with Crippen LogP contribution in [0.1, 0.15) is 34.4 Å². The maximum Gasteiger partial charge on any atom is 0.371 e. The number of aromatic carboxylic acids is 1. The third-order valence-corrected chi connectivity index (χ3v) is 3.23. The number of nitrogens with zero attached hydrogens (tertiary/aromatic N) is 2. The molecule has 20 heavy (non-hydrogen) atoms. The van der Waals surface area contributed by atoms with Crippen LogP contribution in [0.25, 0.3) is 0 Å². The summed E-state index contributed by atoms with van der Waals surface area (Å²) in [6.07, 6.45) is 3.55. The zero-order valence-corrected chi connectivity index (χ0v) is 11.7. The van der Waals surface area contributed by atoms with Crippen LogP contribution < -0.4 is 0 Å². The molecule has 0 fully saturated rings. The van der Waals surface area contributed by atoms with Gasteiger partial charge in [0.15, 0.2) is 0 Å². The van der Waals surface area contributed by atoms with E-state index in [-0.39, 0.29) is 5.76 Å². The normalized spacial score (nSPS) is 10.9. The van der Waals surface area contributed by atoms with E-state index < -0.39 is 5.97 Å². The number of rotatable bonds is 6. The van der Waals surface area contributed by atoms with Crippen molar-refractivity contribution in [2.24, 2.45) is 0 Å². The number of carbonyl (C=O) groups is 1. The predicted octanol–water partition coefficient (Wildman–Crippen LogP) is 2.70. The molecule has 5 heteroatoms. The minimum Gasteiger partial charge on any atom is -0.475 e. The van der Waals surface area contributed by atoms with E-state index in [2.05, 4.69) is 16.8 Å². The molecule has 0 saturated carbocycles. The summed E-state index contributed by atoms with van der Waals surface area (Å²) in [7, 11) is 0. The molecule has 0 aliphatic heterocycles. The maximum absolute atomic E-state index is 10.9. The number of carboxylic acids is 1. The Morgan fingerprint density at radius 1 is 1.35 bits per heavy atom. The van der Waals surface area contributed by atoms with Crippen LogP contribution in [0.2, 0.25) is 0 Å². The standard InChI is InChI=1S/C15H18N2O3/c1-3-17(9-12-4-6-16-7-5-12)10-13-8-14(15(18)19)20-11(13)2/h4-8H,3,9-10H2,1-2H3,(H,18,19). The molecule has 2 aromatic rings. The third-order valence-electron chi connectivity index (χ3n) is 3.23. The average molecular weight is 274 g/mol. The maximum atomic E-state index is 10.9. The first-order valence-corrected chi connectivity index (χ1v) is 6.54. The number of carboxylic acid groups (broad SMARTS) is 1. The number of hydrogen-bond donors (Lipinski definition) is 1. The first-order chi connectivity index (χ1) is 9.60. The molecule has 106 valence electrons. The van der Waals surface area contributed by atoms with Gasteiger partial charge in [-0.05, 0) is 37.2 Å². The molecule has 0 radical (unpaired) electrons. The van der Waals surface area contributed by atoms with E-state index in [4.69, 9.17) is 9.52 Å². The smallest absolute Gasteiger partial charge is 0.371 e. The second-order valence-corrected chi connectivity index (χ2v) is 4.66. The highest BCUT2D eigenvalue weighted by atomic mass is 16.4. The Balaban J connectivity index is 2.08. The lowest BCUT2D eigenvalue weighted by molar-refractivity contribution is 0.0661. The number of furan rings is 1. The minimum atomic E-state index is -1.03. The molecular formula is C15H18N2O3. The monoisotopic (exact) mass is 274 g/mol. The lowest BCUT2D eigenvalue weighted by Crippen LogP contribution is -2.22. The van der Waals surface area contributed by atoms with Gasteiger partial charge in [-0.15, -0.1) is 0 Å². The van der Waals surface area contributed by atoms with E-state index in [1.54, 1.807) is 25.4 Å². The highest BCUT2D eigenvalue weighted by molar-refractivity contribution is 5.84. The molecule has 0 aliphatic rings. The average Bonchev–Trinajstić information content (AvgIpc) is 2.81. The van der Waals surface area contributed by atoms with Crippen molar-refractivity contribution in [2.45, 2.75) is 26.9 Å². The number of aromatic nitrogens is 1. The van der Waals surface area contributed by atoms with Gasteiger partial charge in [0, 0.05) is 31.0 Å². The molecule has 0 bridgehead atoms. The second kappa shape index (κ2) is 6.34. The van der Waals surface area contributed by atoms with Crippen molar-refractivity contribution in [3.8, 4) is 0 Å². The molecule has 2 aromatic heterocycles. The van der Waals surface area contributed by atoms with Crippen LogP contribution in [-0.4, -0.2) is 27.5 Å². The van der Waals surface area contributed by atoms with Gasteiger partial charge in [-0.3, -0.25) is 9.88 Å². The fraction of sp³-hybridized carbons (Fsp3) is 0.333. The SMILES string of the molecule is CCN(Cc1ccncc1)Cc1cc(C(=O)O)oc1C. The van der Waals surface area contributed by atoms with Crippen LogP contribution in [0.4, 0.5) is 0 Å². The summed E-state index contributed by atoms with van der Waals surface area (Å²) in [6, 6.07) is 5.56. The van der Waals surface area contributed by atoms with Crippen LogP contribution in [0.5, 0.6) is 0 Å². The van der Waals surface area contributed by atoms with Gasteiger partial charge < -0.3 is 9.52 Å². The first kappa shape index (κ1) is 14.3. The summed E-state index contributed by atoms with van der Waals surface area (Å²) < 4.78 is 5.24. The number of pyridine rings is 1. The van der Waals surface area contributed by atoms with Crippen molar-refractivity contribution >= 4 is 5.97 Å². The molecule has 2 rings (SSSR count). The Bertz CT molecular complexity index is 578. The Kier molecular flexibility index (Phi) is 4.53. The molecule has 0 amide bonds. The Labute approximate surface area is 117 Å². The van der Waals surface area contributed by atoms with Crippen molar-refractivity contribution in [1.29, 1.82) is 0 Å². The van der Waals surface area contributed by atoms with E-state index >= 15 is 0 Å². The molecular weight excluding hydrogens is 256 g/mol. The summed E-state index contributed by atoms with van der Waals surface area (Å²) in [6.45, 7) is 6.21. The van der Waals surface area contributed by atoms with Gasteiger partial charge in [0.1, 0.15) is 5.76 Å². The van der Waals surface area contributed by atoms with Crippen molar-refractivity contribution in [2.75, 3.05) is 6.54 Å². The molecule has 0 unspecified atom stereocenters. The Morgan fingerprint density at radius 2 is 2.05 bits per heavy atom. The number of hydrogen-bond acceptors (Lipinski definition) is 4. The van der Waals surface area contributed by atoms with Gasteiger partial charge in [-0.1, -0.05) is 6.92 Å². The van der Waals surface area contributed by atoms with Gasteiger partial charge >= 0.3 is 5.97 Å². The van der Waals surface area contributed by atoms with Crippen LogP contribution >= 0.6 is 0 Å². The molecule has 1 N–H and O–H groups in total.